The SMILES string of the molecule is CN=C(NCCCOC(C)c1ccccc1)NCCc1nc(-c2ccco2)n[nH]1.I. The first-order valence-electron chi connectivity index (χ1n) is 9.82. The molecule has 162 valence electrons. The molecule has 0 fully saturated rings. The van der Waals surface area contributed by atoms with Crippen LogP contribution >= 0.6 is 24.0 Å². The normalized spacial score (nSPS) is 12.3. The number of aliphatic imine (C=N–C) groups is 1. The third-order valence-electron chi connectivity index (χ3n) is 4.40. The number of guanidine groups is 1. The molecule has 3 rings (SSSR count). The first-order chi connectivity index (χ1) is 14.3. The summed E-state index contributed by atoms with van der Waals surface area (Å²) < 4.78 is 11.2. The Labute approximate surface area is 193 Å². The molecule has 3 aromatic rings. The van der Waals surface area contributed by atoms with Gasteiger partial charge in [0.25, 0.3) is 0 Å². The summed E-state index contributed by atoms with van der Waals surface area (Å²) >= 11 is 0. The van der Waals surface area contributed by atoms with E-state index >= 15 is 0 Å². The molecule has 0 spiro atoms. The summed E-state index contributed by atoms with van der Waals surface area (Å²) in [7, 11) is 1.76. The van der Waals surface area contributed by atoms with Gasteiger partial charge in [-0.05, 0) is 31.0 Å². The number of nitrogens with one attached hydrogen (secondary N) is 3. The van der Waals surface area contributed by atoms with E-state index in [0.29, 0.717) is 31.2 Å². The largest absolute Gasteiger partial charge is 0.461 e. The number of benzene rings is 1. The molecule has 9 heteroatoms. The van der Waals surface area contributed by atoms with Gasteiger partial charge in [0.15, 0.2) is 11.7 Å². The molecule has 3 N–H and O–H groups in total. The standard InChI is InChI=1S/C21H28N6O2.HI/c1-16(17-8-4-3-5-9-17)28-15-7-12-23-21(22-2)24-13-11-19-25-20(27-26-19)18-10-6-14-29-18;/h3-6,8-10,14,16H,7,11-13,15H2,1-2H3,(H2,22,23,24)(H,25,26,27);1H. The van der Waals surface area contributed by atoms with E-state index in [9.17, 15) is 0 Å². The topological polar surface area (TPSA) is 100 Å². The lowest BCUT2D eigenvalue weighted by Gasteiger charge is -2.14. The summed E-state index contributed by atoms with van der Waals surface area (Å²) in [5.41, 5.74) is 1.19. The number of hydrogen-bond donors (Lipinski definition) is 3. The summed E-state index contributed by atoms with van der Waals surface area (Å²) in [6.45, 7) is 4.23. The van der Waals surface area contributed by atoms with Crippen LogP contribution in [0.1, 0.15) is 30.8 Å². The molecule has 0 saturated heterocycles. The fourth-order valence-corrected chi connectivity index (χ4v) is 2.80. The van der Waals surface area contributed by atoms with Crippen LogP contribution in [0.15, 0.2) is 58.1 Å². The fraction of sp³-hybridized carbons (Fsp3) is 0.381. The van der Waals surface area contributed by atoms with Crippen LogP contribution in [0.5, 0.6) is 0 Å². The van der Waals surface area contributed by atoms with Crippen molar-refractivity contribution in [3.8, 4) is 11.6 Å². The van der Waals surface area contributed by atoms with Gasteiger partial charge in [-0.1, -0.05) is 30.3 Å². The summed E-state index contributed by atoms with van der Waals surface area (Å²) in [5, 5.41) is 13.7. The molecular weight excluding hydrogens is 495 g/mol. The molecule has 0 aliphatic heterocycles. The molecule has 30 heavy (non-hydrogen) atoms. The van der Waals surface area contributed by atoms with Crippen LogP contribution in [0, 0.1) is 0 Å². The highest BCUT2D eigenvalue weighted by Crippen LogP contribution is 2.16. The van der Waals surface area contributed by atoms with Crippen molar-refractivity contribution in [3.63, 3.8) is 0 Å². The van der Waals surface area contributed by atoms with Crippen molar-refractivity contribution in [1.82, 2.24) is 25.8 Å². The van der Waals surface area contributed by atoms with Crippen LogP contribution in [0.3, 0.4) is 0 Å². The van der Waals surface area contributed by atoms with Gasteiger partial charge >= 0.3 is 0 Å². The van der Waals surface area contributed by atoms with Crippen LogP contribution in [0.25, 0.3) is 11.6 Å². The van der Waals surface area contributed by atoms with E-state index < -0.39 is 0 Å². The molecule has 8 nitrogen and oxygen atoms in total. The zero-order chi connectivity index (χ0) is 20.3. The van der Waals surface area contributed by atoms with Crippen LogP contribution in [-0.4, -0.2) is 47.9 Å². The molecule has 0 saturated carbocycles. The van der Waals surface area contributed by atoms with Gasteiger partial charge < -0.3 is 19.8 Å². The first kappa shape index (κ1) is 23.9. The van der Waals surface area contributed by atoms with Crippen molar-refractivity contribution < 1.29 is 9.15 Å². The number of furan rings is 1. The Morgan fingerprint density at radius 1 is 1.17 bits per heavy atom. The van der Waals surface area contributed by atoms with Gasteiger partial charge in [0, 0.05) is 33.2 Å². The Morgan fingerprint density at radius 2 is 1.97 bits per heavy atom. The molecule has 1 atom stereocenters. The number of aromatic amines is 1. The number of nitrogens with zero attached hydrogens (tertiary/aromatic N) is 3. The Kier molecular flexibility index (Phi) is 10.4. The average molecular weight is 524 g/mol. The number of ether oxygens (including phenoxy) is 1. The highest BCUT2D eigenvalue weighted by atomic mass is 127. The quantitative estimate of drug-likeness (QED) is 0.162. The van der Waals surface area contributed by atoms with Gasteiger partial charge in [0.1, 0.15) is 5.82 Å². The van der Waals surface area contributed by atoms with Gasteiger partial charge in [-0.3, -0.25) is 10.1 Å². The Bertz CT molecular complexity index is 867. The molecule has 0 bridgehead atoms. The molecule has 2 aromatic heterocycles. The molecule has 1 aromatic carbocycles. The van der Waals surface area contributed by atoms with E-state index in [2.05, 4.69) is 49.9 Å². The van der Waals surface area contributed by atoms with Crippen molar-refractivity contribution in [2.24, 2.45) is 4.99 Å². The van der Waals surface area contributed by atoms with E-state index in [-0.39, 0.29) is 30.1 Å². The van der Waals surface area contributed by atoms with E-state index in [1.54, 1.807) is 13.3 Å². The summed E-state index contributed by atoms with van der Waals surface area (Å²) in [4.78, 5) is 8.66. The third-order valence-corrected chi connectivity index (χ3v) is 4.40. The van der Waals surface area contributed by atoms with Crippen LogP contribution in [0.2, 0.25) is 0 Å². The van der Waals surface area contributed by atoms with Crippen molar-refractivity contribution in [3.05, 3.63) is 60.1 Å². The lowest BCUT2D eigenvalue weighted by molar-refractivity contribution is 0.0646. The van der Waals surface area contributed by atoms with E-state index in [4.69, 9.17) is 9.15 Å². The van der Waals surface area contributed by atoms with E-state index in [1.165, 1.54) is 5.56 Å². The Balaban J connectivity index is 0.00000320. The van der Waals surface area contributed by atoms with Gasteiger partial charge in [0.2, 0.25) is 5.82 Å². The van der Waals surface area contributed by atoms with Gasteiger partial charge in [-0.25, -0.2) is 4.98 Å². The summed E-state index contributed by atoms with van der Waals surface area (Å²) in [5.74, 6) is 2.77. The smallest absolute Gasteiger partial charge is 0.216 e. The Hall–Kier alpha value is -2.40. The first-order valence-corrected chi connectivity index (χ1v) is 9.82. The van der Waals surface area contributed by atoms with Crippen molar-refractivity contribution >= 4 is 29.9 Å². The predicted molar refractivity (Wildman–Crippen MR) is 128 cm³/mol. The average Bonchev–Trinajstić information content (AvgIpc) is 3.44. The number of hydrogen-bond acceptors (Lipinski definition) is 5. The van der Waals surface area contributed by atoms with Gasteiger partial charge in [-0.15, -0.1) is 24.0 Å². The number of aromatic nitrogens is 3. The second kappa shape index (κ2) is 13.0. The highest BCUT2D eigenvalue weighted by molar-refractivity contribution is 14.0. The molecule has 1 unspecified atom stereocenters. The molecule has 0 aliphatic carbocycles. The molecule has 0 radical (unpaired) electrons. The predicted octanol–water partition coefficient (Wildman–Crippen LogP) is 3.56. The number of H-pyrrole nitrogens is 1. The second-order valence-corrected chi connectivity index (χ2v) is 6.54. The molecular formula is C21H29IN6O2. The van der Waals surface area contributed by atoms with Crippen molar-refractivity contribution in [2.45, 2.75) is 25.9 Å². The minimum absolute atomic E-state index is 0. The zero-order valence-electron chi connectivity index (χ0n) is 17.3. The third kappa shape index (κ3) is 7.45. The van der Waals surface area contributed by atoms with Crippen molar-refractivity contribution in [1.29, 1.82) is 0 Å². The van der Waals surface area contributed by atoms with Gasteiger partial charge in [-0.2, -0.15) is 5.10 Å². The summed E-state index contributed by atoms with van der Waals surface area (Å²) in [6, 6.07) is 13.9. The maximum absolute atomic E-state index is 5.89. The van der Waals surface area contributed by atoms with E-state index in [0.717, 1.165) is 24.7 Å². The number of rotatable bonds is 10. The fourth-order valence-electron chi connectivity index (χ4n) is 2.80. The minimum Gasteiger partial charge on any atom is -0.461 e. The maximum Gasteiger partial charge on any atom is 0.216 e. The van der Waals surface area contributed by atoms with Crippen LogP contribution in [0.4, 0.5) is 0 Å². The Morgan fingerprint density at radius 3 is 2.70 bits per heavy atom. The lowest BCUT2D eigenvalue weighted by atomic mass is 10.1. The monoisotopic (exact) mass is 524 g/mol. The molecule has 0 aliphatic rings. The van der Waals surface area contributed by atoms with E-state index in [1.807, 2.05) is 30.3 Å². The summed E-state index contributed by atoms with van der Waals surface area (Å²) in [6.07, 6.45) is 3.30. The van der Waals surface area contributed by atoms with Crippen LogP contribution < -0.4 is 10.6 Å². The van der Waals surface area contributed by atoms with Crippen LogP contribution in [-0.2, 0) is 11.2 Å². The minimum atomic E-state index is 0. The lowest BCUT2D eigenvalue weighted by Crippen LogP contribution is -2.39. The molecule has 0 amide bonds. The zero-order valence-corrected chi connectivity index (χ0v) is 19.6. The second-order valence-electron chi connectivity index (χ2n) is 6.54. The highest BCUT2D eigenvalue weighted by Gasteiger charge is 2.08. The molecule has 2 heterocycles. The van der Waals surface area contributed by atoms with Crippen molar-refractivity contribution in [2.75, 3.05) is 26.7 Å². The maximum atomic E-state index is 5.89. The number of halogens is 1. The van der Waals surface area contributed by atoms with Gasteiger partial charge in [0.05, 0.1) is 12.4 Å².